The van der Waals surface area contributed by atoms with Crippen LogP contribution in [0.5, 0.6) is 0 Å². The van der Waals surface area contributed by atoms with Crippen LogP contribution in [0.15, 0.2) is 0 Å². The van der Waals surface area contributed by atoms with Gasteiger partial charge in [0.15, 0.2) is 12.6 Å². The Bertz CT molecular complexity index is 303. The molecule has 0 aliphatic carbocycles. The van der Waals surface area contributed by atoms with Gasteiger partial charge in [-0.3, -0.25) is 4.79 Å². The summed E-state index contributed by atoms with van der Waals surface area (Å²) in [6.07, 6.45) is 11.7. The van der Waals surface area contributed by atoms with Crippen molar-refractivity contribution >= 4 is 5.97 Å². The van der Waals surface area contributed by atoms with Crippen LogP contribution in [0.4, 0.5) is 0 Å². The number of methoxy groups -OCH3 is 4. The minimum absolute atomic E-state index is 0.0697. The highest BCUT2D eigenvalue weighted by atomic mass is 16.7. The van der Waals surface area contributed by atoms with Crippen molar-refractivity contribution in [1.82, 2.24) is 0 Å². The summed E-state index contributed by atoms with van der Waals surface area (Å²) in [6, 6.07) is 0. The molecule has 26 heavy (non-hydrogen) atoms. The van der Waals surface area contributed by atoms with Crippen LogP contribution in [-0.4, -0.2) is 53.6 Å². The van der Waals surface area contributed by atoms with Crippen molar-refractivity contribution in [2.45, 2.75) is 89.6 Å². The van der Waals surface area contributed by atoms with Crippen LogP contribution in [0.2, 0.25) is 0 Å². The van der Waals surface area contributed by atoms with Crippen molar-refractivity contribution in [3.8, 4) is 0 Å². The molecule has 0 spiro atoms. The fraction of sp³-hybridized carbons (Fsp3) is 0.950. The second kappa shape index (κ2) is 19.1. The molecule has 6 heteroatoms. The quantitative estimate of drug-likeness (QED) is 0.189. The summed E-state index contributed by atoms with van der Waals surface area (Å²) in [7, 11) is 6.64. The Hall–Kier alpha value is -0.690. The molecule has 156 valence electrons. The van der Waals surface area contributed by atoms with Crippen molar-refractivity contribution < 1.29 is 28.5 Å². The molecule has 0 unspecified atom stereocenters. The lowest BCUT2D eigenvalue weighted by molar-refractivity contribution is -0.143. The van der Waals surface area contributed by atoms with Gasteiger partial charge in [-0.25, -0.2) is 0 Å². The van der Waals surface area contributed by atoms with Crippen molar-refractivity contribution in [2.24, 2.45) is 0 Å². The number of ether oxygens (including phenoxy) is 5. The monoisotopic (exact) mass is 376 g/mol. The minimum Gasteiger partial charge on any atom is -0.466 e. The van der Waals surface area contributed by atoms with Gasteiger partial charge in [-0.15, -0.1) is 0 Å². The highest BCUT2D eigenvalue weighted by Gasteiger charge is 2.06. The van der Waals surface area contributed by atoms with Crippen molar-refractivity contribution in [3.05, 3.63) is 0 Å². The summed E-state index contributed by atoms with van der Waals surface area (Å²) in [4.78, 5) is 11.7. The van der Waals surface area contributed by atoms with E-state index in [0.717, 1.165) is 70.6 Å². The molecule has 0 rings (SSSR count). The van der Waals surface area contributed by atoms with E-state index in [1.165, 1.54) is 0 Å². The van der Waals surface area contributed by atoms with Gasteiger partial charge >= 0.3 is 5.97 Å². The van der Waals surface area contributed by atoms with E-state index in [1.807, 2.05) is 0 Å². The molecule has 0 bridgehead atoms. The maximum absolute atomic E-state index is 11.7. The SMILES string of the molecule is COC(CCCCCCCOC(=O)CCCCCCC(OC)OC)OC. The largest absolute Gasteiger partial charge is 0.466 e. The third-order valence-corrected chi connectivity index (χ3v) is 4.47. The Balaban J connectivity index is 3.32. The molecule has 0 aromatic carbocycles. The molecule has 0 aromatic rings. The first kappa shape index (κ1) is 25.3. The Morgan fingerprint density at radius 3 is 1.54 bits per heavy atom. The molecule has 0 saturated heterocycles. The Morgan fingerprint density at radius 2 is 1.04 bits per heavy atom. The van der Waals surface area contributed by atoms with E-state index in [4.69, 9.17) is 23.7 Å². The van der Waals surface area contributed by atoms with Crippen LogP contribution in [0.25, 0.3) is 0 Å². The van der Waals surface area contributed by atoms with Gasteiger partial charge < -0.3 is 23.7 Å². The summed E-state index contributed by atoms with van der Waals surface area (Å²) in [5.41, 5.74) is 0. The van der Waals surface area contributed by atoms with Gasteiger partial charge in [0.05, 0.1) is 6.61 Å². The van der Waals surface area contributed by atoms with Gasteiger partial charge in [0.1, 0.15) is 0 Å². The van der Waals surface area contributed by atoms with Crippen LogP contribution in [0, 0.1) is 0 Å². The molecule has 6 nitrogen and oxygen atoms in total. The minimum atomic E-state index is -0.110. The molecular weight excluding hydrogens is 336 g/mol. The van der Waals surface area contributed by atoms with E-state index in [0.29, 0.717) is 13.0 Å². The number of hydrogen-bond donors (Lipinski definition) is 0. The zero-order valence-electron chi connectivity index (χ0n) is 17.3. The smallest absolute Gasteiger partial charge is 0.305 e. The molecule has 0 N–H and O–H groups in total. The summed E-state index contributed by atoms with van der Waals surface area (Å²) < 4.78 is 25.9. The molecule has 0 saturated carbocycles. The summed E-state index contributed by atoms with van der Waals surface area (Å²) in [5, 5.41) is 0. The summed E-state index contributed by atoms with van der Waals surface area (Å²) in [5.74, 6) is -0.0697. The van der Waals surface area contributed by atoms with E-state index < -0.39 is 0 Å². The Labute approximate surface area is 159 Å². The lowest BCUT2D eigenvalue weighted by Gasteiger charge is -2.12. The fourth-order valence-electron chi connectivity index (χ4n) is 2.80. The highest BCUT2D eigenvalue weighted by Crippen LogP contribution is 2.11. The number of esters is 1. The summed E-state index contributed by atoms with van der Waals surface area (Å²) >= 11 is 0. The number of rotatable bonds is 19. The predicted octanol–water partition coefficient (Wildman–Crippen LogP) is 4.45. The van der Waals surface area contributed by atoms with Gasteiger partial charge in [0.25, 0.3) is 0 Å². The van der Waals surface area contributed by atoms with Crippen LogP contribution in [0.3, 0.4) is 0 Å². The predicted molar refractivity (Wildman–Crippen MR) is 102 cm³/mol. The number of unbranched alkanes of at least 4 members (excludes halogenated alkanes) is 7. The van der Waals surface area contributed by atoms with Gasteiger partial charge in [0.2, 0.25) is 0 Å². The van der Waals surface area contributed by atoms with E-state index in [-0.39, 0.29) is 18.5 Å². The van der Waals surface area contributed by atoms with Crippen LogP contribution in [-0.2, 0) is 28.5 Å². The number of carbonyl (C=O) groups excluding carboxylic acids is 1. The molecule has 0 aliphatic heterocycles. The first-order chi connectivity index (χ1) is 12.7. The average Bonchev–Trinajstić information content (AvgIpc) is 2.66. The average molecular weight is 377 g/mol. The summed E-state index contributed by atoms with van der Waals surface area (Å²) in [6.45, 7) is 0.543. The van der Waals surface area contributed by atoms with Crippen LogP contribution < -0.4 is 0 Å². The van der Waals surface area contributed by atoms with Crippen molar-refractivity contribution in [2.75, 3.05) is 35.0 Å². The molecule has 0 amide bonds. The Morgan fingerprint density at radius 1 is 0.615 bits per heavy atom. The zero-order chi connectivity index (χ0) is 19.5. The normalized spacial score (nSPS) is 11.5. The van der Waals surface area contributed by atoms with E-state index in [9.17, 15) is 4.79 Å². The van der Waals surface area contributed by atoms with Gasteiger partial charge in [-0.1, -0.05) is 32.1 Å². The van der Waals surface area contributed by atoms with E-state index in [1.54, 1.807) is 28.4 Å². The van der Waals surface area contributed by atoms with Crippen LogP contribution >= 0.6 is 0 Å². The van der Waals surface area contributed by atoms with Gasteiger partial charge in [-0.05, 0) is 38.5 Å². The lowest BCUT2D eigenvalue weighted by Crippen LogP contribution is -2.12. The molecule has 0 radical (unpaired) electrons. The maximum atomic E-state index is 11.7. The van der Waals surface area contributed by atoms with Crippen LogP contribution in [0.1, 0.15) is 77.0 Å². The third-order valence-electron chi connectivity index (χ3n) is 4.47. The van der Waals surface area contributed by atoms with Crippen molar-refractivity contribution in [3.63, 3.8) is 0 Å². The second-order valence-corrected chi connectivity index (χ2v) is 6.53. The second-order valence-electron chi connectivity index (χ2n) is 6.53. The third kappa shape index (κ3) is 15.6. The Kier molecular flexibility index (Phi) is 18.6. The highest BCUT2D eigenvalue weighted by molar-refractivity contribution is 5.69. The first-order valence-electron chi connectivity index (χ1n) is 9.94. The van der Waals surface area contributed by atoms with E-state index in [2.05, 4.69) is 0 Å². The molecule has 0 aromatic heterocycles. The zero-order valence-corrected chi connectivity index (χ0v) is 17.3. The lowest BCUT2D eigenvalue weighted by atomic mass is 10.1. The molecule has 0 fully saturated rings. The fourth-order valence-corrected chi connectivity index (χ4v) is 2.80. The topological polar surface area (TPSA) is 63.2 Å². The van der Waals surface area contributed by atoms with Gasteiger partial charge in [0, 0.05) is 34.9 Å². The first-order valence-corrected chi connectivity index (χ1v) is 9.94. The van der Waals surface area contributed by atoms with Gasteiger partial charge in [-0.2, -0.15) is 0 Å². The van der Waals surface area contributed by atoms with Crippen molar-refractivity contribution in [1.29, 1.82) is 0 Å². The standard InChI is InChI=1S/C20H40O6/c1-22-19(23-2)15-11-6-5-9-13-17-26-18(21)14-10-7-8-12-16-20(24-3)25-4/h19-20H,5-17H2,1-4H3. The molecule has 0 heterocycles. The number of carbonyl (C=O) groups is 1. The molecule has 0 atom stereocenters. The maximum Gasteiger partial charge on any atom is 0.305 e. The van der Waals surface area contributed by atoms with E-state index >= 15 is 0 Å². The molecular formula is C20H40O6. The molecule has 0 aliphatic rings. The number of hydrogen-bond acceptors (Lipinski definition) is 6.